The molecule has 1 amide bonds. The lowest BCUT2D eigenvalue weighted by molar-refractivity contribution is 0.0314. The number of hydrogen-bond acceptors (Lipinski definition) is 5. The van der Waals surface area contributed by atoms with E-state index in [-0.39, 0.29) is 12.5 Å². The van der Waals surface area contributed by atoms with Crippen molar-refractivity contribution >= 4 is 17.2 Å². The summed E-state index contributed by atoms with van der Waals surface area (Å²) in [5.74, 6) is -0.183. The standard InChI is InChI=1S/C13H22N2O3S/c1-5-13(17,6-2)8-14-12(16)11-9(3)15-10(19-11)7-18-4/h17H,5-8H2,1-4H3,(H,14,16). The van der Waals surface area contributed by atoms with E-state index in [4.69, 9.17) is 4.74 Å². The number of aryl methyl sites for hydroxylation is 1. The second kappa shape index (κ2) is 6.98. The maximum Gasteiger partial charge on any atom is 0.263 e. The summed E-state index contributed by atoms with van der Waals surface area (Å²) in [7, 11) is 1.60. The molecule has 0 spiro atoms. The lowest BCUT2D eigenvalue weighted by Crippen LogP contribution is -2.42. The van der Waals surface area contributed by atoms with Crippen LogP contribution in [0.2, 0.25) is 0 Å². The molecule has 0 radical (unpaired) electrons. The van der Waals surface area contributed by atoms with Gasteiger partial charge in [0, 0.05) is 13.7 Å². The van der Waals surface area contributed by atoms with Crippen molar-refractivity contribution in [3.05, 3.63) is 15.6 Å². The molecule has 1 aromatic heterocycles. The van der Waals surface area contributed by atoms with Crippen LogP contribution in [0.3, 0.4) is 0 Å². The maximum atomic E-state index is 12.1. The number of methoxy groups -OCH3 is 1. The fraction of sp³-hybridized carbons (Fsp3) is 0.692. The normalized spacial score (nSPS) is 11.6. The summed E-state index contributed by atoms with van der Waals surface area (Å²) in [6.07, 6.45) is 1.22. The highest BCUT2D eigenvalue weighted by atomic mass is 32.1. The van der Waals surface area contributed by atoms with Crippen LogP contribution in [0.25, 0.3) is 0 Å². The minimum atomic E-state index is -0.830. The van der Waals surface area contributed by atoms with Gasteiger partial charge in [-0.15, -0.1) is 11.3 Å². The molecule has 0 atom stereocenters. The largest absolute Gasteiger partial charge is 0.388 e. The highest BCUT2D eigenvalue weighted by molar-refractivity contribution is 7.13. The van der Waals surface area contributed by atoms with Crippen molar-refractivity contribution in [2.45, 2.75) is 45.8 Å². The Morgan fingerprint density at radius 1 is 1.47 bits per heavy atom. The summed E-state index contributed by atoms with van der Waals surface area (Å²) in [6.45, 7) is 6.29. The lowest BCUT2D eigenvalue weighted by Gasteiger charge is -2.25. The number of aliphatic hydroxyl groups is 1. The van der Waals surface area contributed by atoms with Crippen LogP contribution in [0.1, 0.15) is 47.1 Å². The SMILES string of the molecule is CCC(O)(CC)CNC(=O)c1sc(COC)nc1C. The third-order valence-electron chi connectivity index (χ3n) is 3.21. The van der Waals surface area contributed by atoms with Crippen molar-refractivity contribution in [2.24, 2.45) is 0 Å². The Hall–Kier alpha value is -0.980. The first kappa shape index (κ1) is 16.1. The Balaban J connectivity index is 2.68. The number of hydrogen-bond donors (Lipinski definition) is 2. The Bertz CT molecular complexity index is 428. The van der Waals surface area contributed by atoms with Gasteiger partial charge in [0.2, 0.25) is 0 Å². The number of aromatic nitrogens is 1. The number of nitrogens with zero attached hydrogens (tertiary/aromatic N) is 1. The van der Waals surface area contributed by atoms with Crippen molar-refractivity contribution in [3.63, 3.8) is 0 Å². The second-order valence-electron chi connectivity index (χ2n) is 4.57. The van der Waals surface area contributed by atoms with Gasteiger partial charge in [-0.2, -0.15) is 0 Å². The summed E-state index contributed by atoms with van der Waals surface area (Å²) < 4.78 is 5.00. The quantitative estimate of drug-likeness (QED) is 0.803. The monoisotopic (exact) mass is 286 g/mol. The summed E-state index contributed by atoms with van der Waals surface area (Å²) in [5.41, 5.74) is -0.130. The molecule has 2 N–H and O–H groups in total. The molecule has 6 heteroatoms. The molecule has 0 bridgehead atoms. The Labute approximate surface area is 118 Å². The van der Waals surface area contributed by atoms with Gasteiger partial charge in [0.15, 0.2) is 0 Å². The smallest absolute Gasteiger partial charge is 0.263 e. The molecule has 0 aliphatic carbocycles. The molecule has 19 heavy (non-hydrogen) atoms. The third kappa shape index (κ3) is 4.26. The highest BCUT2D eigenvalue weighted by Gasteiger charge is 2.24. The predicted octanol–water partition coefficient (Wildman–Crippen LogP) is 1.88. The van der Waals surface area contributed by atoms with Crippen molar-refractivity contribution in [1.82, 2.24) is 10.3 Å². The molecule has 108 valence electrons. The van der Waals surface area contributed by atoms with Gasteiger partial charge in [0.1, 0.15) is 9.88 Å². The van der Waals surface area contributed by atoms with Crippen LogP contribution in [0, 0.1) is 6.92 Å². The number of carbonyl (C=O) groups excluding carboxylic acids is 1. The van der Waals surface area contributed by atoms with Crippen LogP contribution in [-0.2, 0) is 11.3 Å². The molecule has 5 nitrogen and oxygen atoms in total. The van der Waals surface area contributed by atoms with Crippen LogP contribution < -0.4 is 5.32 Å². The molecule has 0 saturated carbocycles. The van der Waals surface area contributed by atoms with E-state index in [0.29, 0.717) is 30.0 Å². The minimum Gasteiger partial charge on any atom is -0.388 e. The Morgan fingerprint density at radius 2 is 2.11 bits per heavy atom. The van der Waals surface area contributed by atoms with Gasteiger partial charge < -0.3 is 15.2 Å². The summed E-state index contributed by atoms with van der Waals surface area (Å²) in [4.78, 5) is 16.9. The molecule has 0 fully saturated rings. The second-order valence-corrected chi connectivity index (χ2v) is 5.65. The molecule has 0 unspecified atom stereocenters. The van der Waals surface area contributed by atoms with E-state index in [9.17, 15) is 9.90 Å². The molecule has 0 aromatic carbocycles. The minimum absolute atomic E-state index is 0.183. The predicted molar refractivity (Wildman–Crippen MR) is 75.4 cm³/mol. The van der Waals surface area contributed by atoms with Crippen molar-refractivity contribution in [1.29, 1.82) is 0 Å². The van der Waals surface area contributed by atoms with Crippen LogP contribution in [0.4, 0.5) is 0 Å². The molecular weight excluding hydrogens is 264 g/mol. The lowest BCUT2D eigenvalue weighted by atomic mass is 9.97. The molecule has 0 saturated heterocycles. The zero-order chi connectivity index (χ0) is 14.5. The van der Waals surface area contributed by atoms with E-state index in [1.807, 2.05) is 13.8 Å². The van der Waals surface area contributed by atoms with Gasteiger partial charge in [0.05, 0.1) is 17.9 Å². The van der Waals surface area contributed by atoms with Crippen LogP contribution in [-0.4, -0.2) is 35.3 Å². The summed E-state index contributed by atoms with van der Waals surface area (Å²) >= 11 is 1.33. The number of amides is 1. The number of rotatable bonds is 7. The van der Waals surface area contributed by atoms with Gasteiger partial charge >= 0.3 is 0 Å². The topological polar surface area (TPSA) is 71.5 Å². The van der Waals surface area contributed by atoms with Crippen LogP contribution >= 0.6 is 11.3 Å². The van der Waals surface area contributed by atoms with E-state index in [1.54, 1.807) is 14.0 Å². The third-order valence-corrected chi connectivity index (χ3v) is 4.34. The molecule has 0 aliphatic heterocycles. The van der Waals surface area contributed by atoms with Crippen molar-refractivity contribution in [2.75, 3.05) is 13.7 Å². The number of thiazole rings is 1. The first-order valence-corrected chi connectivity index (χ1v) is 7.23. The van der Waals surface area contributed by atoms with Gasteiger partial charge in [-0.3, -0.25) is 4.79 Å². The molecular formula is C13H22N2O3S. The zero-order valence-corrected chi connectivity index (χ0v) is 12.8. The maximum absolute atomic E-state index is 12.1. The first-order valence-electron chi connectivity index (χ1n) is 6.41. The summed E-state index contributed by atoms with van der Waals surface area (Å²) in [6, 6.07) is 0. The van der Waals surface area contributed by atoms with Gasteiger partial charge in [-0.1, -0.05) is 13.8 Å². The average Bonchev–Trinajstić information content (AvgIpc) is 2.77. The van der Waals surface area contributed by atoms with Gasteiger partial charge in [0.25, 0.3) is 5.91 Å². The van der Waals surface area contributed by atoms with Gasteiger partial charge in [-0.25, -0.2) is 4.98 Å². The summed E-state index contributed by atoms with van der Waals surface area (Å²) in [5, 5.41) is 13.7. The fourth-order valence-corrected chi connectivity index (χ4v) is 2.63. The Morgan fingerprint density at radius 3 is 2.63 bits per heavy atom. The first-order chi connectivity index (χ1) is 8.95. The van der Waals surface area contributed by atoms with Crippen LogP contribution in [0.5, 0.6) is 0 Å². The van der Waals surface area contributed by atoms with Crippen LogP contribution in [0.15, 0.2) is 0 Å². The van der Waals surface area contributed by atoms with E-state index in [1.165, 1.54) is 11.3 Å². The molecule has 1 rings (SSSR count). The molecule has 1 aromatic rings. The number of carbonyl (C=O) groups is 1. The van der Waals surface area contributed by atoms with Crippen molar-refractivity contribution in [3.8, 4) is 0 Å². The Kier molecular flexibility index (Phi) is 5.90. The zero-order valence-electron chi connectivity index (χ0n) is 11.9. The average molecular weight is 286 g/mol. The van der Waals surface area contributed by atoms with E-state index in [0.717, 1.165) is 5.01 Å². The number of ether oxygens (including phenoxy) is 1. The van der Waals surface area contributed by atoms with E-state index in [2.05, 4.69) is 10.3 Å². The van der Waals surface area contributed by atoms with E-state index >= 15 is 0 Å². The van der Waals surface area contributed by atoms with E-state index < -0.39 is 5.60 Å². The molecule has 0 aliphatic rings. The fourth-order valence-electron chi connectivity index (χ4n) is 1.67. The molecule has 1 heterocycles. The van der Waals surface area contributed by atoms with Crippen molar-refractivity contribution < 1.29 is 14.6 Å². The highest BCUT2D eigenvalue weighted by Crippen LogP contribution is 2.19. The number of nitrogens with one attached hydrogen (secondary N) is 1. The van der Waals surface area contributed by atoms with Gasteiger partial charge in [-0.05, 0) is 19.8 Å².